The highest BCUT2D eigenvalue weighted by Crippen LogP contribution is 2.33. The van der Waals surface area contributed by atoms with Gasteiger partial charge in [-0.1, -0.05) is 39.3 Å². The maximum atomic E-state index is 5.21. The molecule has 1 aliphatic carbocycles. The number of methoxy groups -OCH3 is 1. The highest BCUT2D eigenvalue weighted by molar-refractivity contribution is 5.27. The molecule has 1 aliphatic rings. The summed E-state index contributed by atoms with van der Waals surface area (Å²) in [5.41, 5.74) is 1.34. The Morgan fingerprint density at radius 1 is 1.20 bits per heavy atom. The minimum Gasteiger partial charge on any atom is -0.497 e. The molecule has 2 heteroatoms. The van der Waals surface area contributed by atoms with Gasteiger partial charge in [0.25, 0.3) is 0 Å². The standard InChI is InChI=1S/C18H29NO/c1-13(2)17-10-5-14(3)11-18(17)19-12-15-6-8-16(20-4)9-7-15/h6-9,13-14,17-19H,5,10-12H2,1-4H3. The van der Waals surface area contributed by atoms with Crippen molar-refractivity contribution < 1.29 is 4.74 Å². The van der Waals surface area contributed by atoms with Gasteiger partial charge in [0.1, 0.15) is 5.75 Å². The Morgan fingerprint density at radius 3 is 2.50 bits per heavy atom. The number of rotatable bonds is 5. The molecule has 3 unspecified atom stereocenters. The molecule has 20 heavy (non-hydrogen) atoms. The van der Waals surface area contributed by atoms with Gasteiger partial charge in [0.2, 0.25) is 0 Å². The molecule has 0 aliphatic heterocycles. The summed E-state index contributed by atoms with van der Waals surface area (Å²) in [4.78, 5) is 0. The summed E-state index contributed by atoms with van der Waals surface area (Å²) >= 11 is 0. The fraction of sp³-hybridized carbons (Fsp3) is 0.667. The minimum atomic E-state index is 0.667. The van der Waals surface area contributed by atoms with E-state index in [4.69, 9.17) is 4.74 Å². The van der Waals surface area contributed by atoms with Gasteiger partial charge in [0, 0.05) is 12.6 Å². The first kappa shape index (κ1) is 15.4. The molecule has 0 amide bonds. The van der Waals surface area contributed by atoms with Crippen LogP contribution in [0.25, 0.3) is 0 Å². The average molecular weight is 275 g/mol. The molecule has 1 saturated carbocycles. The largest absolute Gasteiger partial charge is 0.497 e. The molecule has 0 saturated heterocycles. The Balaban J connectivity index is 1.92. The van der Waals surface area contributed by atoms with Crippen molar-refractivity contribution >= 4 is 0 Å². The summed E-state index contributed by atoms with van der Waals surface area (Å²) in [6.45, 7) is 8.08. The quantitative estimate of drug-likeness (QED) is 0.867. The molecule has 1 aromatic rings. The van der Waals surface area contributed by atoms with Gasteiger partial charge in [-0.05, 0) is 48.3 Å². The van der Waals surface area contributed by atoms with Gasteiger partial charge in [-0.2, -0.15) is 0 Å². The molecular formula is C18H29NO. The summed E-state index contributed by atoms with van der Waals surface area (Å²) < 4.78 is 5.21. The van der Waals surface area contributed by atoms with Crippen LogP contribution in [0, 0.1) is 17.8 Å². The van der Waals surface area contributed by atoms with Crippen molar-refractivity contribution in [2.24, 2.45) is 17.8 Å². The predicted molar refractivity (Wildman–Crippen MR) is 85.0 cm³/mol. The maximum absolute atomic E-state index is 5.21. The number of hydrogen-bond donors (Lipinski definition) is 1. The van der Waals surface area contributed by atoms with E-state index in [1.165, 1.54) is 24.8 Å². The molecular weight excluding hydrogens is 246 g/mol. The second-order valence-corrected chi connectivity index (χ2v) is 6.66. The Bertz CT molecular complexity index is 398. The van der Waals surface area contributed by atoms with E-state index in [0.717, 1.165) is 30.0 Å². The van der Waals surface area contributed by atoms with Crippen LogP contribution in [0.15, 0.2) is 24.3 Å². The van der Waals surface area contributed by atoms with Gasteiger partial charge in [0.05, 0.1) is 7.11 Å². The van der Waals surface area contributed by atoms with Gasteiger partial charge in [0.15, 0.2) is 0 Å². The first-order chi connectivity index (χ1) is 9.60. The van der Waals surface area contributed by atoms with Crippen LogP contribution in [-0.4, -0.2) is 13.2 Å². The molecule has 0 aromatic heterocycles. The van der Waals surface area contributed by atoms with Crippen LogP contribution in [0.1, 0.15) is 45.6 Å². The van der Waals surface area contributed by atoms with Gasteiger partial charge in [-0.3, -0.25) is 0 Å². The van der Waals surface area contributed by atoms with Crippen LogP contribution in [0.4, 0.5) is 0 Å². The van der Waals surface area contributed by atoms with Gasteiger partial charge in [-0.25, -0.2) is 0 Å². The number of hydrogen-bond acceptors (Lipinski definition) is 2. The number of benzene rings is 1. The fourth-order valence-electron chi connectivity index (χ4n) is 3.43. The van der Waals surface area contributed by atoms with Crippen LogP contribution < -0.4 is 10.1 Å². The Kier molecular flexibility index (Phi) is 5.47. The van der Waals surface area contributed by atoms with Crippen molar-refractivity contribution in [3.8, 4) is 5.75 Å². The fourth-order valence-corrected chi connectivity index (χ4v) is 3.43. The molecule has 1 fully saturated rings. The Labute approximate surface area is 123 Å². The summed E-state index contributed by atoms with van der Waals surface area (Å²) in [7, 11) is 1.71. The van der Waals surface area contributed by atoms with E-state index in [1.807, 2.05) is 12.1 Å². The van der Waals surface area contributed by atoms with Crippen molar-refractivity contribution in [3.05, 3.63) is 29.8 Å². The maximum Gasteiger partial charge on any atom is 0.118 e. The molecule has 2 nitrogen and oxygen atoms in total. The van der Waals surface area contributed by atoms with E-state index < -0.39 is 0 Å². The van der Waals surface area contributed by atoms with Crippen LogP contribution in [0.3, 0.4) is 0 Å². The zero-order valence-electron chi connectivity index (χ0n) is 13.4. The molecule has 0 spiro atoms. The highest BCUT2D eigenvalue weighted by Gasteiger charge is 2.30. The smallest absolute Gasteiger partial charge is 0.118 e. The van der Waals surface area contributed by atoms with E-state index in [9.17, 15) is 0 Å². The molecule has 1 aromatic carbocycles. The predicted octanol–water partition coefficient (Wildman–Crippen LogP) is 4.25. The normalized spacial score (nSPS) is 26.8. The monoisotopic (exact) mass is 275 g/mol. The lowest BCUT2D eigenvalue weighted by molar-refractivity contribution is 0.169. The molecule has 112 valence electrons. The lowest BCUT2D eigenvalue weighted by Crippen LogP contribution is -2.42. The summed E-state index contributed by atoms with van der Waals surface area (Å²) in [5, 5.41) is 3.80. The van der Waals surface area contributed by atoms with Crippen molar-refractivity contribution in [3.63, 3.8) is 0 Å². The van der Waals surface area contributed by atoms with Crippen LogP contribution in [-0.2, 0) is 6.54 Å². The first-order valence-electron chi connectivity index (χ1n) is 7.96. The Hall–Kier alpha value is -1.02. The van der Waals surface area contributed by atoms with Gasteiger partial charge >= 0.3 is 0 Å². The Morgan fingerprint density at radius 2 is 1.90 bits per heavy atom. The highest BCUT2D eigenvalue weighted by atomic mass is 16.5. The average Bonchev–Trinajstić information content (AvgIpc) is 2.45. The lowest BCUT2D eigenvalue weighted by atomic mass is 9.74. The molecule has 0 bridgehead atoms. The molecule has 2 rings (SSSR count). The second-order valence-electron chi connectivity index (χ2n) is 6.66. The second kappa shape index (κ2) is 7.12. The van der Waals surface area contributed by atoms with Crippen molar-refractivity contribution in [2.45, 2.75) is 52.6 Å². The third kappa shape index (κ3) is 3.99. The molecule has 1 N–H and O–H groups in total. The number of nitrogens with one attached hydrogen (secondary N) is 1. The van der Waals surface area contributed by atoms with E-state index in [-0.39, 0.29) is 0 Å². The van der Waals surface area contributed by atoms with E-state index in [1.54, 1.807) is 7.11 Å². The molecule has 0 heterocycles. The lowest BCUT2D eigenvalue weighted by Gasteiger charge is -2.38. The zero-order valence-corrected chi connectivity index (χ0v) is 13.4. The van der Waals surface area contributed by atoms with E-state index in [2.05, 4.69) is 38.2 Å². The van der Waals surface area contributed by atoms with Crippen LogP contribution in [0.5, 0.6) is 5.75 Å². The SMILES string of the molecule is COc1ccc(CNC2CC(C)CCC2C(C)C)cc1. The van der Waals surface area contributed by atoms with E-state index >= 15 is 0 Å². The first-order valence-corrected chi connectivity index (χ1v) is 7.96. The summed E-state index contributed by atoms with van der Waals surface area (Å²) in [6.07, 6.45) is 4.08. The van der Waals surface area contributed by atoms with Crippen LogP contribution >= 0.6 is 0 Å². The topological polar surface area (TPSA) is 21.3 Å². The van der Waals surface area contributed by atoms with E-state index in [0.29, 0.717) is 6.04 Å². The molecule has 3 atom stereocenters. The molecule has 0 radical (unpaired) electrons. The minimum absolute atomic E-state index is 0.667. The van der Waals surface area contributed by atoms with Crippen molar-refractivity contribution in [1.82, 2.24) is 5.32 Å². The number of ether oxygens (including phenoxy) is 1. The van der Waals surface area contributed by atoms with Gasteiger partial charge in [-0.15, -0.1) is 0 Å². The third-order valence-electron chi connectivity index (χ3n) is 4.75. The summed E-state index contributed by atoms with van der Waals surface area (Å²) in [6, 6.07) is 9.06. The zero-order chi connectivity index (χ0) is 14.5. The summed E-state index contributed by atoms with van der Waals surface area (Å²) in [5.74, 6) is 3.39. The van der Waals surface area contributed by atoms with Gasteiger partial charge < -0.3 is 10.1 Å². The van der Waals surface area contributed by atoms with Crippen molar-refractivity contribution in [2.75, 3.05) is 7.11 Å². The van der Waals surface area contributed by atoms with Crippen molar-refractivity contribution in [1.29, 1.82) is 0 Å². The third-order valence-corrected chi connectivity index (χ3v) is 4.75. The van der Waals surface area contributed by atoms with Crippen LogP contribution in [0.2, 0.25) is 0 Å².